The van der Waals surface area contributed by atoms with Crippen LogP contribution in [0.5, 0.6) is 0 Å². The van der Waals surface area contributed by atoms with Crippen LogP contribution in [0.15, 0.2) is 71.5 Å². The lowest BCUT2D eigenvalue weighted by molar-refractivity contribution is 0.0526. The molecule has 3 aromatic carbocycles. The zero-order chi connectivity index (χ0) is 22.4. The van der Waals surface area contributed by atoms with E-state index in [2.05, 4.69) is 5.32 Å². The largest absolute Gasteiger partial charge is 0.462 e. The topological polar surface area (TPSA) is 77.4 Å². The molecule has 158 valence electrons. The van der Waals surface area contributed by atoms with Gasteiger partial charge in [-0.3, -0.25) is 9.59 Å². The zero-order valence-electron chi connectivity index (χ0n) is 17.6. The molecule has 1 aliphatic carbocycles. The average Bonchev–Trinajstić information content (AvgIpc) is 2.82. The molecule has 5 rings (SSSR count). The smallest absolute Gasteiger partial charge is 0.338 e. The number of carbonyl (C=O) groups excluding carboxylic acids is 2. The van der Waals surface area contributed by atoms with Crippen molar-refractivity contribution in [2.24, 2.45) is 7.05 Å². The Morgan fingerprint density at radius 3 is 2.31 bits per heavy atom. The minimum Gasteiger partial charge on any atom is -0.462 e. The van der Waals surface area contributed by atoms with Crippen molar-refractivity contribution >= 4 is 34.0 Å². The van der Waals surface area contributed by atoms with E-state index in [1.54, 1.807) is 61.0 Å². The molecule has 0 bridgehead atoms. The molecule has 1 heterocycles. The quantitative estimate of drug-likeness (QED) is 0.424. The first-order chi connectivity index (χ1) is 15.5. The number of hydrogen-bond donors (Lipinski definition) is 1. The summed E-state index contributed by atoms with van der Waals surface area (Å²) in [6, 6.07) is 19.6. The molecule has 0 aliphatic heterocycles. The van der Waals surface area contributed by atoms with Gasteiger partial charge in [0.2, 0.25) is 0 Å². The number of anilines is 2. The van der Waals surface area contributed by atoms with E-state index in [-0.39, 0.29) is 11.3 Å². The van der Waals surface area contributed by atoms with Gasteiger partial charge in [0.1, 0.15) is 5.69 Å². The number of ketones is 1. The molecule has 0 atom stereocenters. The Kier molecular flexibility index (Phi) is 4.63. The first-order valence-electron chi connectivity index (χ1n) is 10.3. The Hall–Kier alpha value is -4.19. The van der Waals surface area contributed by atoms with Crippen molar-refractivity contribution in [1.82, 2.24) is 4.57 Å². The fourth-order valence-corrected chi connectivity index (χ4v) is 4.26. The van der Waals surface area contributed by atoms with Crippen LogP contribution in [0.1, 0.15) is 33.2 Å². The van der Waals surface area contributed by atoms with Gasteiger partial charge in [-0.1, -0.05) is 36.4 Å². The number of ether oxygens (including phenoxy) is 1. The lowest BCUT2D eigenvalue weighted by atomic mass is 9.83. The van der Waals surface area contributed by atoms with Gasteiger partial charge in [-0.05, 0) is 42.8 Å². The maximum atomic E-state index is 13.4. The molecule has 1 aliphatic rings. The van der Waals surface area contributed by atoms with E-state index in [1.165, 1.54) is 0 Å². The van der Waals surface area contributed by atoms with E-state index >= 15 is 0 Å². The summed E-state index contributed by atoms with van der Waals surface area (Å²) in [4.78, 5) is 38.5. The second-order valence-corrected chi connectivity index (χ2v) is 7.61. The van der Waals surface area contributed by atoms with Crippen molar-refractivity contribution in [3.05, 3.63) is 93.8 Å². The van der Waals surface area contributed by atoms with Crippen molar-refractivity contribution in [3.8, 4) is 11.1 Å². The molecule has 0 unspecified atom stereocenters. The fourth-order valence-electron chi connectivity index (χ4n) is 4.26. The highest BCUT2D eigenvalue weighted by Gasteiger charge is 2.29. The fraction of sp³-hybridized carbons (Fsp3) is 0.115. The SMILES string of the molecule is CCOC(=O)c1ccc(Nc2c3c4c(cccc4n(C)c2=O)C(=O)c2ccccc2-3)cc1. The first-order valence-corrected chi connectivity index (χ1v) is 10.3. The van der Waals surface area contributed by atoms with Gasteiger partial charge in [0.05, 0.1) is 17.7 Å². The van der Waals surface area contributed by atoms with Gasteiger partial charge in [-0.25, -0.2) is 4.79 Å². The Balaban J connectivity index is 1.72. The minimum absolute atomic E-state index is 0.0536. The Morgan fingerprint density at radius 1 is 0.906 bits per heavy atom. The van der Waals surface area contributed by atoms with E-state index in [1.807, 2.05) is 24.3 Å². The number of benzene rings is 3. The lowest BCUT2D eigenvalue weighted by Crippen LogP contribution is -2.24. The van der Waals surface area contributed by atoms with Gasteiger partial charge in [-0.15, -0.1) is 0 Å². The molecule has 1 N–H and O–H groups in total. The highest BCUT2D eigenvalue weighted by molar-refractivity contribution is 6.27. The summed E-state index contributed by atoms with van der Waals surface area (Å²) in [6.45, 7) is 2.06. The molecule has 0 fully saturated rings. The van der Waals surface area contributed by atoms with Crippen molar-refractivity contribution in [2.45, 2.75) is 6.92 Å². The second-order valence-electron chi connectivity index (χ2n) is 7.61. The average molecular weight is 424 g/mol. The lowest BCUT2D eigenvalue weighted by Gasteiger charge is -2.24. The minimum atomic E-state index is -0.396. The molecule has 6 nitrogen and oxygen atoms in total. The van der Waals surface area contributed by atoms with E-state index in [0.29, 0.717) is 45.8 Å². The normalized spacial score (nSPS) is 11.9. The molecule has 1 aromatic heterocycles. The highest BCUT2D eigenvalue weighted by Crippen LogP contribution is 2.42. The van der Waals surface area contributed by atoms with Gasteiger partial charge in [0, 0.05) is 34.8 Å². The first kappa shape index (κ1) is 19.8. The number of hydrogen-bond acceptors (Lipinski definition) is 5. The third-order valence-corrected chi connectivity index (χ3v) is 5.77. The van der Waals surface area contributed by atoms with Crippen molar-refractivity contribution in [2.75, 3.05) is 11.9 Å². The molecule has 0 saturated carbocycles. The number of aryl methyl sites for hydroxylation is 1. The van der Waals surface area contributed by atoms with Crippen LogP contribution in [0.2, 0.25) is 0 Å². The molecule has 0 amide bonds. The van der Waals surface area contributed by atoms with Gasteiger partial charge in [0.15, 0.2) is 5.78 Å². The molecule has 0 saturated heterocycles. The molecule has 32 heavy (non-hydrogen) atoms. The standard InChI is InChI=1S/C26H20N2O4/c1-3-32-26(31)15-11-13-16(14-12-15)27-23-22-17-7-4-5-8-18(17)24(29)19-9-6-10-20(21(19)22)28(2)25(23)30/h4-14,27H,3H2,1-2H3. The summed E-state index contributed by atoms with van der Waals surface area (Å²) in [5.74, 6) is -0.449. The number of esters is 1. The van der Waals surface area contributed by atoms with Gasteiger partial charge in [-0.2, -0.15) is 0 Å². The third kappa shape index (κ3) is 2.92. The van der Waals surface area contributed by atoms with Crippen molar-refractivity contribution in [3.63, 3.8) is 0 Å². The van der Waals surface area contributed by atoms with Crippen LogP contribution in [0, 0.1) is 0 Å². The highest BCUT2D eigenvalue weighted by atomic mass is 16.5. The van der Waals surface area contributed by atoms with Gasteiger partial charge < -0.3 is 14.6 Å². The Labute approximate surface area is 184 Å². The number of rotatable bonds is 4. The molecule has 6 heteroatoms. The summed E-state index contributed by atoms with van der Waals surface area (Å²) in [7, 11) is 1.70. The van der Waals surface area contributed by atoms with Gasteiger partial charge in [0.25, 0.3) is 5.56 Å². The number of nitrogens with zero attached hydrogens (tertiary/aromatic N) is 1. The number of fused-ring (bicyclic) bond motifs is 2. The van der Waals surface area contributed by atoms with Crippen molar-refractivity contribution < 1.29 is 14.3 Å². The number of pyridine rings is 1. The number of carbonyl (C=O) groups is 2. The number of nitrogens with one attached hydrogen (secondary N) is 1. The van der Waals surface area contributed by atoms with E-state index in [0.717, 1.165) is 10.9 Å². The van der Waals surface area contributed by atoms with Crippen LogP contribution in [0.3, 0.4) is 0 Å². The summed E-state index contributed by atoms with van der Waals surface area (Å²) < 4.78 is 6.59. The van der Waals surface area contributed by atoms with Crippen molar-refractivity contribution in [1.29, 1.82) is 0 Å². The summed E-state index contributed by atoms with van der Waals surface area (Å²) in [6.07, 6.45) is 0. The molecular weight excluding hydrogens is 404 g/mol. The van der Waals surface area contributed by atoms with Crippen LogP contribution in [-0.2, 0) is 11.8 Å². The summed E-state index contributed by atoms with van der Waals surface area (Å²) in [5.41, 5.74) is 4.55. The zero-order valence-corrected chi connectivity index (χ0v) is 17.6. The monoisotopic (exact) mass is 424 g/mol. The van der Waals surface area contributed by atoms with Crippen LogP contribution in [0.25, 0.3) is 22.0 Å². The van der Waals surface area contributed by atoms with Crippen LogP contribution in [-0.4, -0.2) is 22.9 Å². The molecule has 0 radical (unpaired) electrons. The Bertz CT molecular complexity index is 1470. The van der Waals surface area contributed by atoms with E-state index < -0.39 is 5.97 Å². The van der Waals surface area contributed by atoms with E-state index in [9.17, 15) is 14.4 Å². The predicted octanol–water partition coefficient (Wildman–Crippen LogP) is 4.67. The number of aromatic nitrogens is 1. The molecule has 0 spiro atoms. The van der Waals surface area contributed by atoms with Crippen LogP contribution in [0.4, 0.5) is 11.4 Å². The maximum Gasteiger partial charge on any atom is 0.338 e. The van der Waals surface area contributed by atoms with Gasteiger partial charge >= 0.3 is 5.97 Å². The predicted molar refractivity (Wildman–Crippen MR) is 124 cm³/mol. The van der Waals surface area contributed by atoms with Crippen LogP contribution < -0.4 is 10.9 Å². The summed E-state index contributed by atoms with van der Waals surface area (Å²) in [5, 5.41) is 4.00. The molecular formula is C26H20N2O4. The summed E-state index contributed by atoms with van der Waals surface area (Å²) >= 11 is 0. The maximum absolute atomic E-state index is 13.4. The second kappa shape index (κ2) is 7.50. The Morgan fingerprint density at radius 2 is 1.59 bits per heavy atom. The molecule has 4 aromatic rings. The van der Waals surface area contributed by atoms with E-state index in [4.69, 9.17) is 4.74 Å². The van der Waals surface area contributed by atoms with Crippen LogP contribution >= 0.6 is 0 Å². The third-order valence-electron chi connectivity index (χ3n) is 5.77.